The molecule has 0 radical (unpaired) electrons. The molecule has 4 aromatic rings. The summed E-state index contributed by atoms with van der Waals surface area (Å²) < 4.78 is 5.39. The van der Waals surface area contributed by atoms with Crippen molar-refractivity contribution in [3.63, 3.8) is 0 Å². The van der Waals surface area contributed by atoms with Gasteiger partial charge in [0.15, 0.2) is 0 Å². The fraction of sp³-hybridized carbons (Fsp3) is 0.241. The van der Waals surface area contributed by atoms with Crippen LogP contribution in [0.4, 0.5) is 0 Å². The monoisotopic (exact) mass is 438 g/mol. The number of nitrogens with one attached hydrogen (secondary N) is 1. The first-order valence-corrected chi connectivity index (χ1v) is 11.4. The number of nitrogens with zero attached hydrogens (tertiary/aromatic N) is 1. The first kappa shape index (κ1) is 22.5. The summed E-state index contributed by atoms with van der Waals surface area (Å²) in [5.41, 5.74) is 5.58. The Balaban J connectivity index is 1.48. The average molecular weight is 439 g/mol. The molecule has 0 spiro atoms. The van der Waals surface area contributed by atoms with Crippen LogP contribution in [0.1, 0.15) is 30.5 Å². The first-order valence-electron chi connectivity index (χ1n) is 11.4. The topological polar surface area (TPSA) is 51.2 Å². The number of carbonyl (C=O) groups excluding carboxylic acids is 1. The summed E-state index contributed by atoms with van der Waals surface area (Å²) in [7, 11) is 1.67. The Morgan fingerprint density at radius 1 is 0.970 bits per heavy atom. The number of hydrogen-bond acceptors (Lipinski definition) is 3. The van der Waals surface area contributed by atoms with Gasteiger partial charge in [-0.05, 0) is 63.7 Å². The number of pyridine rings is 1. The van der Waals surface area contributed by atoms with Gasteiger partial charge in [0.05, 0.1) is 13.5 Å². The van der Waals surface area contributed by atoms with Crippen molar-refractivity contribution in [2.24, 2.45) is 5.92 Å². The fourth-order valence-corrected chi connectivity index (χ4v) is 4.15. The van der Waals surface area contributed by atoms with Gasteiger partial charge in [0.1, 0.15) is 5.75 Å². The van der Waals surface area contributed by atoms with Gasteiger partial charge in [-0.15, -0.1) is 0 Å². The summed E-state index contributed by atoms with van der Waals surface area (Å²) in [6, 6.07) is 22.6. The number of methoxy groups -OCH3 is 1. The molecule has 1 heterocycles. The van der Waals surface area contributed by atoms with E-state index in [1.54, 1.807) is 13.3 Å². The maximum atomic E-state index is 12.6. The zero-order valence-corrected chi connectivity index (χ0v) is 19.5. The SMILES string of the molecule is COc1cccc(-c2ccc(CNC(=O)Cc3ccc(CC(C)C)cc3)c3cnccc23)c1. The van der Waals surface area contributed by atoms with Crippen LogP contribution in [-0.4, -0.2) is 18.0 Å². The molecule has 33 heavy (non-hydrogen) atoms. The Kier molecular flexibility index (Phi) is 7.04. The second-order valence-electron chi connectivity index (χ2n) is 8.79. The third-order valence-electron chi connectivity index (χ3n) is 5.80. The first-order chi connectivity index (χ1) is 16.0. The lowest BCUT2D eigenvalue weighted by molar-refractivity contribution is -0.120. The molecule has 1 N–H and O–H groups in total. The summed E-state index contributed by atoms with van der Waals surface area (Å²) in [5.74, 6) is 1.46. The number of benzene rings is 3. The van der Waals surface area contributed by atoms with E-state index in [2.05, 4.69) is 66.6 Å². The van der Waals surface area contributed by atoms with Crippen LogP contribution in [0.15, 0.2) is 79.1 Å². The van der Waals surface area contributed by atoms with Gasteiger partial charge in [-0.1, -0.05) is 62.4 Å². The van der Waals surface area contributed by atoms with E-state index in [0.717, 1.165) is 45.2 Å². The minimum atomic E-state index is 0.0144. The highest BCUT2D eigenvalue weighted by Gasteiger charge is 2.11. The number of fused-ring (bicyclic) bond motifs is 1. The van der Waals surface area contributed by atoms with Crippen molar-refractivity contribution < 1.29 is 9.53 Å². The van der Waals surface area contributed by atoms with Crippen LogP contribution in [0.25, 0.3) is 21.9 Å². The molecule has 4 rings (SSSR count). The molecule has 0 saturated heterocycles. The van der Waals surface area contributed by atoms with E-state index in [-0.39, 0.29) is 5.91 Å². The van der Waals surface area contributed by atoms with Crippen LogP contribution in [0.3, 0.4) is 0 Å². The van der Waals surface area contributed by atoms with Crippen LogP contribution < -0.4 is 10.1 Å². The minimum Gasteiger partial charge on any atom is -0.497 e. The summed E-state index contributed by atoms with van der Waals surface area (Å²) in [5, 5.41) is 5.22. The smallest absolute Gasteiger partial charge is 0.224 e. The predicted octanol–water partition coefficient (Wildman–Crippen LogP) is 5.97. The largest absolute Gasteiger partial charge is 0.497 e. The maximum Gasteiger partial charge on any atom is 0.224 e. The molecule has 4 heteroatoms. The van der Waals surface area contributed by atoms with Crippen molar-refractivity contribution in [3.05, 3.63) is 95.8 Å². The van der Waals surface area contributed by atoms with Crippen molar-refractivity contribution in [3.8, 4) is 16.9 Å². The van der Waals surface area contributed by atoms with Gasteiger partial charge in [-0.3, -0.25) is 9.78 Å². The van der Waals surface area contributed by atoms with Crippen molar-refractivity contribution in [2.45, 2.75) is 33.2 Å². The molecule has 0 aliphatic heterocycles. The van der Waals surface area contributed by atoms with Crippen LogP contribution in [0.2, 0.25) is 0 Å². The van der Waals surface area contributed by atoms with Crippen LogP contribution in [-0.2, 0) is 24.2 Å². The number of ether oxygens (including phenoxy) is 1. The van der Waals surface area contributed by atoms with E-state index in [0.29, 0.717) is 18.9 Å². The van der Waals surface area contributed by atoms with Crippen molar-refractivity contribution in [1.29, 1.82) is 0 Å². The van der Waals surface area contributed by atoms with Gasteiger partial charge < -0.3 is 10.1 Å². The molecule has 0 unspecified atom stereocenters. The van der Waals surface area contributed by atoms with Gasteiger partial charge in [0.25, 0.3) is 0 Å². The lowest BCUT2D eigenvalue weighted by Gasteiger charge is -2.13. The van der Waals surface area contributed by atoms with E-state index >= 15 is 0 Å². The van der Waals surface area contributed by atoms with Crippen LogP contribution in [0.5, 0.6) is 5.75 Å². The summed E-state index contributed by atoms with van der Waals surface area (Å²) >= 11 is 0. The van der Waals surface area contributed by atoms with Crippen molar-refractivity contribution >= 4 is 16.7 Å². The quantitative estimate of drug-likeness (QED) is 0.369. The highest BCUT2D eigenvalue weighted by molar-refractivity contribution is 5.98. The maximum absolute atomic E-state index is 12.6. The zero-order chi connectivity index (χ0) is 23.2. The van der Waals surface area contributed by atoms with E-state index in [1.165, 1.54) is 5.56 Å². The van der Waals surface area contributed by atoms with Gasteiger partial charge in [-0.2, -0.15) is 0 Å². The van der Waals surface area contributed by atoms with Gasteiger partial charge >= 0.3 is 0 Å². The normalized spacial score (nSPS) is 11.0. The predicted molar refractivity (Wildman–Crippen MR) is 134 cm³/mol. The molecular formula is C29H30N2O2. The molecule has 0 atom stereocenters. The molecule has 1 aromatic heterocycles. The van der Waals surface area contributed by atoms with Gasteiger partial charge in [0.2, 0.25) is 5.91 Å². The molecule has 1 amide bonds. The van der Waals surface area contributed by atoms with E-state index in [9.17, 15) is 4.79 Å². The van der Waals surface area contributed by atoms with Crippen LogP contribution >= 0.6 is 0 Å². The summed E-state index contributed by atoms with van der Waals surface area (Å²) in [4.78, 5) is 16.9. The van der Waals surface area contributed by atoms with Crippen molar-refractivity contribution in [2.75, 3.05) is 7.11 Å². The molecule has 0 aliphatic carbocycles. The number of rotatable bonds is 8. The second-order valence-corrected chi connectivity index (χ2v) is 8.79. The lowest BCUT2D eigenvalue weighted by Crippen LogP contribution is -2.24. The highest BCUT2D eigenvalue weighted by Crippen LogP contribution is 2.32. The molecular weight excluding hydrogens is 408 g/mol. The van der Waals surface area contributed by atoms with Gasteiger partial charge in [-0.25, -0.2) is 0 Å². The molecule has 0 bridgehead atoms. The third kappa shape index (κ3) is 5.58. The Bertz CT molecular complexity index is 1250. The lowest BCUT2D eigenvalue weighted by atomic mass is 9.96. The molecule has 4 nitrogen and oxygen atoms in total. The van der Waals surface area contributed by atoms with E-state index < -0.39 is 0 Å². The zero-order valence-electron chi connectivity index (χ0n) is 19.5. The van der Waals surface area contributed by atoms with E-state index in [1.807, 2.05) is 30.5 Å². The standard InChI is InChI=1S/C29H30N2O2/c1-20(2)15-21-7-9-22(10-8-21)16-29(32)31-18-24-11-12-26(27-13-14-30-19-28(24)27)23-5-4-6-25(17-23)33-3/h4-14,17,19-20H,15-16,18H2,1-3H3,(H,31,32). The summed E-state index contributed by atoms with van der Waals surface area (Å²) in [6.45, 7) is 4.89. The molecule has 0 aliphatic rings. The number of carbonyl (C=O) groups is 1. The molecule has 0 saturated carbocycles. The third-order valence-corrected chi connectivity index (χ3v) is 5.80. The average Bonchev–Trinajstić information content (AvgIpc) is 2.83. The van der Waals surface area contributed by atoms with Gasteiger partial charge in [0, 0.05) is 24.3 Å². The van der Waals surface area contributed by atoms with Crippen LogP contribution in [0, 0.1) is 5.92 Å². The number of amides is 1. The fourth-order valence-electron chi connectivity index (χ4n) is 4.15. The Morgan fingerprint density at radius 2 is 1.76 bits per heavy atom. The molecule has 3 aromatic carbocycles. The Labute approximate surface area is 195 Å². The summed E-state index contributed by atoms with van der Waals surface area (Å²) in [6.07, 6.45) is 5.10. The minimum absolute atomic E-state index is 0.0144. The molecule has 168 valence electrons. The van der Waals surface area contributed by atoms with E-state index in [4.69, 9.17) is 4.74 Å². The highest BCUT2D eigenvalue weighted by atomic mass is 16.5. The van der Waals surface area contributed by atoms with Crippen molar-refractivity contribution in [1.82, 2.24) is 10.3 Å². The Morgan fingerprint density at radius 3 is 2.52 bits per heavy atom. The molecule has 0 fully saturated rings. The Hall–Kier alpha value is -3.66. The number of hydrogen-bond donors (Lipinski definition) is 1. The number of aromatic nitrogens is 1. The second kappa shape index (κ2) is 10.3.